The molecule has 0 aliphatic rings. The third kappa shape index (κ3) is 8.80. The average molecular weight is 346 g/mol. The highest BCUT2D eigenvalue weighted by Gasteiger charge is 2.39. The number of nitrogens with zero attached hydrogens (tertiary/aromatic N) is 1. The monoisotopic (exact) mass is 345 g/mol. The Bertz CT molecular complexity index is 257. The normalized spacial score (nSPS) is 13.6. The fraction of sp³-hybridized carbons (Fsp3) is 1.00. The van der Waals surface area contributed by atoms with Gasteiger partial charge in [0.2, 0.25) is 0 Å². The minimum atomic E-state index is -0.896. The number of methoxy groups -OCH3 is 3. The Balaban J connectivity index is 4.48. The maximum Gasteiger partial charge on any atom is 0.285 e. The summed E-state index contributed by atoms with van der Waals surface area (Å²) in [4.78, 5) is 2.47. The lowest BCUT2D eigenvalue weighted by Gasteiger charge is -2.37. The summed E-state index contributed by atoms with van der Waals surface area (Å²) in [5, 5.41) is 0. The van der Waals surface area contributed by atoms with Crippen LogP contribution in [-0.4, -0.2) is 51.8 Å². The molecule has 0 spiro atoms. The van der Waals surface area contributed by atoms with Gasteiger partial charge in [0.1, 0.15) is 0 Å². The Kier molecular flexibility index (Phi) is 15.0. The first-order valence-corrected chi connectivity index (χ1v) is 10.0. The maximum atomic E-state index is 5.65. The van der Waals surface area contributed by atoms with E-state index in [2.05, 4.69) is 25.7 Å². The standard InChI is InChI=1S/C20H43NO3/c1-7-10-11-12-13-14-16-19(20(22-4,23-5)24-6)17-15-18-21(8-2)9-3/h19H,7-18H2,1-6H3. The number of rotatable bonds is 17. The Morgan fingerprint density at radius 2 is 1.21 bits per heavy atom. The van der Waals surface area contributed by atoms with E-state index in [0.29, 0.717) is 0 Å². The topological polar surface area (TPSA) is 30.9 Å². The molecule has 146 valence electrons. The molecular weight excluding hydrogens is 302 g/mol. The van der Waals surface area contributed by atoms with Gasteiger partial charge in [-0.3, -0.25) is 0 Å². The van der Waals surface area contributed by atoms with Crippen LogP contribution in [-0.2, 0) is 14.2 Å². The average Bonchev–Trinajstić information content (AvgIpc) is 2.62. The summed E-state index contributed by atoms with van der Waals surface area (Å²) in [7, 11) is 5.06. The largest absolute Gasteiger partial charge is 0.331 e. The predicted octanol–water partition coefficient (Wildman–Crippen LogP) is 5.07. The highest BCUT2D eigenvalue weighted by molar-refractivity contribution is 4.72. The van der Waals surface area contributed by atoms with Crippen molar-refractivity contribution in [1.82, 2.24) is 4.90 Å². The number of ether oxygens (including phenoxy) is 3. The van der Waals surface area contributed by atoms with Crippen molar-refractivity contribution in [2.45, 2.75) is 84.5 Å². The molecule has 4 nitrogen and oxygen atoms in total. The second-order valence-corrected chi connectivity index (χ2v) is 6.64. The van der Waals surface area contributed by atoms with Crippen molar-refractivity contribution in [2.24, 2.45) is 5.92 Å². The number of unbranched alkanes of at least 4 members (excludes halogenated alkanes) is 5. The molecule has 4 heteroatoms. The first-order chi connectivity index (χ1) is 11.6. The zero-order chi connectivity index (χ0) is 18.3. The highest BCUT2D eigenvalue weighted by Crippen LogP contribution is 2.32. The van der Waals surface area contributed by atoms with Crippen molar-refractivity contribution in [1.29, 1.82) is 0 Å². The van der Waals surface area contributed by atoms with Gasteiger partial charge in [-0.25, -0.2) is 0 Å². The van der Waals surface area contributed by atoms with Gasteiger partial charge in [-0.15, -0.1) is 0 Å². The molecule has 0 aliphatic carbocycles. The second-order valence-electron chi connectivity index (χ2n) is 6.64. The van der Waals surface area contributed by atoms with Crippen LogP contribution in [0, 0.1) is 5.92 Å². The lowest BCUT2D eigenvalue weighted by molar-refractivity contribution is -0.380. The van der Waals surface area contributed by atoms with Gasteiger partial charge in [0, 0.05) is 27.2 Å². The SMILES string of the molecule is CCCCCCCCC(CCCN(CC)CC)C(OC)(OC)OC. The molecule has 0 aromatic rings. The van der Waals surface area contributed by atoms with Crippen LogP contribution in [0.3, 0.4) is 0 Å². The molecule has 0 aromatic heterocycles. The Labute approximate surface area is 151 Å². The maximum absolute atomic E-state index is 5.65. The summed E-state index contributed by atoms with van der Waals surface area (Å²) in [6.45, 7) is 10.1. The van der Waals surface area contributed by atoms with Gasteiger partial charge in [0.05, 0.1) is 0 Å². The summed E-state index contributed by atoms with van der Waals surface area (Å²) >= 11 is 0. The highest BCUT2D eigenvalue weighted by atomic mass is 16.9. The summed E-state index contributed by atoms with van der Waals surface area (Å²) in [6, 6.07) is 0. The number of hydrogen-bond acceptors (Lipinski definition) is 4. The quantitative estimate of drug-likeness (QED) is 0.272. The van der Waals surface area contributed by atoms with Crippen molar-refractivity contribution in [2.75, 3.05) is 41.0 Å². The predicted molar refractivity (Wildman–Crippen MR) is 102 cm³/mol. The van der Waals surface area contributed by atoms with Gasteiger partial charge < -0.3 is 19.1 Å². The lowest BCUT2D eigenvalue weighted by Crippen LogP contribution is -2.44. The summed E-state index contributed by atoms with van der Waals surface area (Å²) in [5.41, 5.74) is 0. The Morgan fingerprint density at radius 1 is 0.708 bits per heavy atom. The van der Waals surface area contributed by atoms with E-state index in [9.17, 15) is 0 Å². The van der Waals surface area contributed by atoms with E-state index < -0.39 is 5.97 Å². The molecule has 0 saturated heterocycles. The molecule has 0 saturated carbocycles. The smallest absolute Gasteiger partial charge is 0.285 e. The molecule has 0 bridgehead atoms. The Morgan fingerprint density at radius 3 is 1.71 bits per heavy atom. The van der Waals surface area contributed by atoms with E-state index in [4.69, 9.17) is 14.2 Å². The van der Waals surface area contributed by atoms with E-state index in [-0.39, 0.29) is 5.92 Å². The minimum Gasteiger partial charge on any atom is -0.331 e. The second kappa shape index (κ2) is 15.1. The van der Waals surface area contributed by atoms with Crippen molar-refractivity contribution >= 4 is 0 Å². The molecule has 0 fully saturated rings. The molecule has 0 aromatic carbocycles. The summed E-state index contributed by atoms with van der Waals surface area (Å²) in [5.74, 6) is -0.619. The van der Waals surface area contributed by atoms with Crippen LogP contribution < -0.4 is 0 Å². The van der Waals surface area contributed by atoms with Crippen molar-refractivity contribution < 1.29 is 14.2 Å². The fourth-order valence-corrected chi connectivity index (χ4v) is 3.52. The van der Waals surface area contributed by atoms with Crippen LogP contribution in [0.2, 0.25) is 0 Å². The molecule has 0 N–H and O–H groups in total. The van der Waals surface area contributed by atoms with Crippen LogP contribution in [0.15, 0.2) is 0 Å². The van der Waals surface area contributed by atoms with Crippen molar-refractivity contribution in [3.05, 3.63) is 0 Å². The molecular formula is C20H43NO3. The zero-order valence-electron chi connectivity index (χ0n) is 17.2. The molecule has 0 rings (SSSR count). The van der Waals surface area contributed by atoms with Crippen LogP contribution >= 0.6 is 0 Å². The molecule has 1 unspecified atom stereocenters. The third-order valence-corrected chi connectivity index (χ3v) is 5.18. The summed E-state index contributed by atoms with van der Waals surface area (Å²) < 4.78 is 16.9. The number of hydrogen-bond donors (Lipinski definition) is 0. The van der Waals surface area contributed by atoms with Gasteiger partial charge in [0.25, 0.3) is 5.97 Å². The van der Waals surface area contributed by atoms with E-state index in [1.54, 1.807) is 21.3 Å². The molecule has 0 radical (unpaired) electrons. The Hall–Kier alpha value is -0.160. The van der Waals surface area contributed by atoms with E-state index in [1.165, 1.54) is 38.5 Å². The van der Waals surface area contributed by atoms with E-state index in [0.717, 1.165) is 38.9 Å². The van der Waals surface area contributed by atoms with E-state index in [1.807, 2.05) is 0 Å². The fourth-order valence-electron chi connectivity index (χ4n) is 3.52. The van der Waals surface area contributed by atoms with Crippen molar-refractivity contribution in [3.8, 4) is 0 Å². The first kappa shape index (κ1) is 23.8. The van der Waals surface area contributed by atoms with Crippen LogP contribution in [0.25, 0.3) is 0 Å². The molecule has 0 amide bonds. The van der Waals surface area contributed by atoms with Crippen LogP contribution in [0.1, 0.15) is 78.6 Å². The van der Waals surface area contributed by atoms with Gasteiger partial charge >= 0.3 is 0 Å². The molecule has 1 atom stereocenters. The van der Waals surface area contributed by atoms with Gasteiger partial charge in [0.15, 0.2) is 0 Å². The summed E-state index contributed by atoms with van der Waals surface area (Å²) in [6.07, 6.45) is 11.2. The van der Waals surface area contributed by atoms with Gasteiger partial charge in [-0.05, 0) is 38.9 Å². The molecule has 24 heavy (non-hydrogen) atoms. The zero-order valence-corrected chi connectivity index (χ0v) is 17.2. The van der Waals surface area contributed by atoms with E-state index >= 15 is 0 Å². The first-order valence-electron chi connectivity index (χ1n) is 10.0. The molecule has 0 aliphatic heterocycles. The molecule has 0 heterocycles. The van der Waals surface area contributed by atoms with Crippen molar-refractivity contribution in [3.63, 3.8) is 0 Å². The minimum absolute atomic E-state index is 0.277. The van der Waals surface area contributed by atoms with Gasteiger partial charge in [-0.2, -0.15) is 0 Å². The van der Waals surface area contributed by atoms with Gasteiger partial charge in [-0.1, -0.05) is 59.3 Å². The van der Waals surface area contributed by atoms with Crippen LogP contribution in [0.5, 0.6) is 0 Å². The lowest BCUT2D eigenvalue weighted by atomic mass is 9.92. The van der Waals surface area contributed by atoms with Crippen LogP contribution in [0.4, 0.5) is 0 Å². The third-order valence-electron chi connectivity index (χ3n) is 5.18.